The van der Waals surface area contributed by atoms with Gasteiger partial charge in [-0.3, -0.25) is 9.59 Å². The average Bonchev–Trinajstić information content (AvgIpc) is 3.19. The number of aryl methyl sites for hydroxylation is 1. The molecule has 35 heavy (non-hydrogen) atoms. The molecule has 182 valence electrons. The Labute approximate surface area is 199 Å². The lowest BCUT2D eigenvalue weighted by Gasteiger charge is -2.13. The molecule has 0 fully saturated rings. The number of anilines is 1. The highest BCUT2D eigenvalue weighted by Crippen LogP contribution is 2.35. The molecular weight excluding hydrogens is 463 g/mol. The number of halogens is 3. The molecule has 2 aromatic carbocycles. The molecule has 2 amide bonds. The Hall–Kier alpha value is -4.08. The summed E-state index contributed by atoms with van der Waals surface area (Å²) in [5.74, 6) is -0.309. The molecular formula is C25H22F3N3O4. The third kappa shape index (κ3) is 5.06. The van der Waals surface area contributed by atoms with Crippen molar-refractivity contribution in [3.63, 3.8) is 0 Å². The van der Waals surface area contributed by atoms with Gasteiger partial charge < -0.3 is 14.5 Å². The van der Waals surface area contributed by atoms with Gasteiger partial charge in [0.25, 0.3) is 11.8 Å². The van der Waals surface area contributed by atoms with Crippen molar-refractivity contribution in [2.45, 2.75) is 32.4 Å². The molecule has 0 saturated carbocycles. The summed E-state index contributed by atoms with van der Waals surface area (Å²) >= 11 is 0. The maximum atomic E-state index is 13.3. The van der Waals surface area contributed by atoms with Gasteiger partial charge in [0.2, 0.25) is 0 Å². The lowest BCUT2D eigenvalue weighted by atomic mass is 9.93. The van der Waals surface area contributed by atoms with E-state index in [4.69, 9.17) is 9.15 Å². The summed E-state index contributed by atoms with van der Waals surface area (Å²) in [6, 6.07) is 11.3. The number of alkyl halides is 3. The number of hydrogen-bond acceptors (Lipinski definition) is 5. The Morgan fingerprint density at radius 2 is 1.83 bits per heavy atom. The molecule has 1 aliphatic rings. The van der Waals surface area contributed by atoms with E-state index in [0.717, 1.165) is 6.07 Å². The van der Waals surface area contributed by atoms with Crippen molar-refractivity contribution in [2.24, 2.45) is 5.10 Å². The number of hydrazone groups is 1. The molecule has 10 heteroatoms. The van der Waals surface area contributed by atoms with E-state index in [2.05, 4.69) is 15.8 Å². The van der Waals surface area contributed by atoms with E-state index in [1.54, 1.807) is 31.2 Å². The Kier molecular flexibility index (Phi) is 6.63. The van der Waals surface area contributed by atoms with Crippen LogP contribution in [0.4, 0.5) is 18.9 Å². The predicted octanol–water partition coefficient (Wildman–Crippen LogP) is 5.34. The lowest BCUT2D eigenvalue weighted by molar-refractivity contribution is -0.136. The Morgan fingerprint density at radius 1 is 1.06 bits per heavy atom. The zero-order chi connectivity index (χ0) is 25.2. The minimum Gasteiger partial charge on any atom is -0.497 e. The van der Waals surface area contributed by atoms with E-state index in [-0.39, 0.29) is 11.4 Å². The quantitative estimate of drug-likeness (QED) is 0.478. The summed E-state index contributed by atoms with van der Waals surface area (Å²) in [5.41, 5.74) is 3.11. The van der Waals surface area contributed by atoms with Crippen LogP contribution in [0.25, 0.3) is 0 Å². The minimum atomic E-state index is -4.62. The third-order valence-electron chi connectivity index (χ3n) is 5.64. The minimum absolute atomic E-state index is 0.0966. The first kappa shape index (κ1) is 24.1. The number of nitrogens with one attached hydrogen (secondary N) is 2. The molecule has 2 N–H and O–H groups in total. The van der Waals surface area contributed by atoms with E-state index in [1.807, 2.05) is 0 Å². The number of hydrogen-bond donors (Lipinski definition) is 2. The molecule has 3 aromatic rings. The monoisotopic (exact) mass is 485 g/mol. The SMILES string of the molecule is COc1cccc(C(=O)N/N=C2\CCCc3oc(C(=O)Nc4ccccc4C(F)(F)F)c(C)c32)c1. The number of benzene rings is 2. The van der Waals surface area contributed by atoms with E-state index >= 15 is 0 Å². The number of carbonyl (C=O) groups is 2. The van der Waals surface area contributed by atoms with Crippen LogP contribution in [-0.4, -0.2) is 24.6 Å². The number of methoxy groups -OCH3 is 1. The number of ether oxygens (including phenoxy) is 1. The van der Waals surface area contributed by atoms with E-state index in [9.17, 15) is 22.8 Å². The molecule has 0 saturated heterocycles. The number of para-hydroxylation sites is 1. The molecule has 0 atom stereocenters. The Morgan fingerprint density at radius 3 is 2.57 bits per heavy atom. The van der Waals surface area contributed by atoms with Gasteiger partial charge in [0.05, 0.1) is 24.1 Å². The summed E-state index contributed by atoms with van der Waals surface area (Å²) in [5, 5.41) is 6.56. The maximum absolute atomic E-state index is 13.3. The highest BCUT2D eigenvalue weighted by Gasteiger charge is 2.34. The maximum Gasteiger partial charge on any atom is 0.418 e. The number of fused-ring (bicyclic) bond motifs is 1. The van der Waals surface area contributed by atoms with Gasteiger partial charge in [-0.25, -0.2) is 5.43 Å². The molecule has 1 aromatic heterocycles. The van der Waals surface area contributed by atoms with E-state index < -0.39 is 23.6 Å². The molecule has 7 nitrogen and oxygen atoms in total. The van der Waals surface area contributed by atoms with Crippen molar-refractivity contribution in [3.05, 3.63) is 82.3 Å². The smallest absolute Gasteiger partial charge is 0.418 e. The van der Waals surface area contributed by atoms with Crippen LogP contribution in [0.2, 0.25) is 0 Å². The average molecular weight is 485 g/mol. The van der Waals surface area contributed by atoms with Gasteiger partial charge in [-0.05, 0) is 50.1 Å². The van der Waals surface area contributed by atoms with Crippen molar-refractivity contribution in [3.8, 4) is 5.75 Å². The third-order valence-corrected chi connectivity index (χ3v) is 5.64. The first-order valence-corrected chi connectivity index (χ1v) is 10.8. The second kappa shape index (κ2) is 9.65. The predicted molar refractivity (Wildman–Crippen MR) is 123 cm³/mol. The van der Waals surface area contributed by atoms with Crippen LogP contribution in [0, 0.1) is 6.92 Å². The fraction of sp³-hybridized carbons (Fsp3) is 0.240. The van der Waals surface area contributed by atoms with Crippen molar-refractivity contribution in [1.29, 1.82) is 0 Å². The van der Waals surface area contributed by atoms with Gasteiger partial charge in [-0.1, -0.05) is 18.2 Å². The van der Waals surface area contributed by atoms with Crippen LogP contribution in [0.5, 0.6) is 5.75 Å². The van der Waals surface area contributed by atoms with Crippen LogP contribution in [0.15, 0.2) is 58.0 Å². The van der Waals surface area contributed by atoms with Gasteiger partial charge >= 0.3 is 6.18 Å². The summed E-state index contributed by atoms with van der Waals surface area (Å²) < 4.78 is 50.8. The van der Waals surface area contributed by atoms with Gasteiger partial charge in [-0.2, -0.15) is 18.3 Å². The molecule has 0 spiro atoms. The second-order valence-corrected chi connectivity index (χ2v) is 7.94. The number of nitrogens with zero attached hydrogens (tertiary/aromatic N) is 1. The van der Waals surface area contributed by atoms with Crippen molar-refractivity contribution < 1.29 is 31.9 Å². The van der Waals surface area contributed by atoms with E-state index in [1.165, 1.54) is 25.3 Å². The molecule has 4 rings (SSSR count). The first-order chi connectivity index (χ1) is 16.7. The Bertz CT molecular complexity index is 1310. The number of amides is 2. The van der Waals surface area contributed by atoms with Crippen molar-refractivity contribution in [2.75, 3.05) is 12.4 Å². The van der Waals surface area contributed by atoms with Gasteiger partial charge in [0.1, 0.15) is 11.5 Å². The molecule has 1 heterocycles. The summed E-state index contributed by atoms with van der Waals surface area (Å²) in [7, 11) is 1.50. The van der Waals surface area contributed by atoms with Crippen LogP contribution >= 0.6 is 0 Å². The van der Waals surface area contributed by atoms with Gasteiger partial charge in [-0.15, -0.1) is 0 Å². The van der Waals surface area contributed by atoms with Gasteiger partial charge in [0, 0.05) is 23.1 Å². The molecule has 0 radical (unpaired) electrons. The zero-order valence-electron chi connectivity index (χ0n) is 19.0. The number of furan rings is 1. The van der Waals surface area contributed by atoms with Gasteiger partial charge in [0.15, 0.2) is 5.76 Å². The topological polar surface area (TPSA) is 92.9 Å². The van der Waals surface area contributed by atoms with Crippen LogP contribution in [0.3, 0.4) is 0 Å². The van der Waals surface area contributed by atoms with Crippen LogP contribution in [-0.2, 0) is 12.6 Å². The summed E-state index contributed by atoms with van der Waals surface area (Å²) in [4.78, 5) is 25.4. The molecule has 0 unspecified atom stereocenters. The highest BCUT2D eigenvalue weighted by molar-refractivity contribution is 6.09. The molecule has 0 bridgehead atoms. The summed E-state index contributed by atoms with van der Waals surface area (Å²) in [6.07, 6.45) is -2.89. The van der Waals surface area contributed by atoms with Crippen molar-refractivity contribution >= 4 is 23.2 Å². The number of rotatable bonds is 5. The van der Waals surface area contributed by atoms with Crippen LogP contribution < -0.4 is 15.5 Å². The molecule has 0 aliphatic heterocycles. The highest BCUT2D eigenvalue weighted by atomic mass is 19.4. The molecule has 1 aliphatic carbocycles. The van der Waals surface area contributed by atoms with Crippen molar-refractivity contribution in [1.82, 2.24) is 5.43 Å². The Balaban J connectivity index is 1.58. The lowest BCUT2D eigenvalue weighted by Crippen LogP contribution is -2.22. The second-order valence-electron chi connectivity index (χ2n) is 7.94. The number of carbonyl (C=O) groups excluding carboxylic acids is 2. The van der Waals surface area contributed by atoms with Crippen LogP contribution in [0.1, 0.15) is 56.2 Å². The fourth-order valence-electron chi connectivity index (χ4n) is 3.96. The standard InChI is InChI=1S/C25H22F3N3O4/c1-14-21-19(30-31-23(32)15-7-5-8-16(13-15)34-2)11-6-12-20(21)35-22(14)24(33)29-18-10-4-3-9-17(18)25(26,27)28/h3-5,7-10,13H,6,11-12H2,1-2H3,(H,29,33)(H,31,32)/b30-19+. The summed E-state index contributed by atoms with van der Waals surface area (Å²) in [6.45, 7) is 1.64. The zero-order valence-corrected chi connectivity index (χ0v) is 19.0. The largest absolute Gasteiger partial charge is 0.497 e. The van der Waals surface area contributed by atoms with E-state index in [0.29, 0.717) is 53.2 Å². The fourth-order valence-corrected chi connectivity index (χ4v) is 3.96. The first-order valence-electron chi connectivity index (χ1n) is 10.8. The normalized spacial score (nSPS) is 14.4.